The quantitative estimate of drug-likeness (QED) is 0.261. The highest BCUT2D eigenvalue weighted by Crippen LogP contribution is 2.45. The summed E-state index contributed by atoms with van der Waals surface area (Å²) in [5.41, 5.74) is 4.65. The maximum absolute atomic E-state index is 13.9. The third-order valence-electron chi connectivity index (χ3n) is 7.19. The topological polar surface area (TPSA) is 130 Å². The Kier molecular flexibility index (Phi) is 7.39. The molecule has 0 radical (unpaired) electrons. The maximum Gasteiger partial charge on any atom is 0.254 e. The molecule has 1 unspecified atom stereocenters. The second kappa shape index (κ2) is 10.8. The Morgan fingerprint density at radius 2 is 1.82 bits per heavy atom. The van der Waals surface area contributed by atoms with Crippen molar-refractivity contribution in [1.82, 2.24) is 15.4 Å². The van der Waals surface area contributed by atoms with E-state index in [9.17, 15) is 23.2 Å². The predicted molar refractivity (Wildman–Crippen MR) is 147 cm³/mol. The van der Waals surface area contributed by atoms with Crippen LogP contribution in [0.5, 0.6) is 0 Å². The van der Waals surface area contributed by atoms with Crippen molar-refractivity contribution in [3.8, 4) is 21.8 Å². The van der Waals surface area contributed by atoms with Crippen molar-refractivity contribution in [2.45, 2.75) is 24.5 Å². The van der Waals surface area contributed by atoms with E-state index in [0.717, 1.165) is 21.6 Å². The van der Waals surface area contributed by atoms with Crippen molar-refractivity contribution in [1.29, 1.82) is 0 Å². The molecule has 2 aromatic heterocycles. The predicted octanol–water partition coefficient (Wildman–Crippen LogP) is 4.43. The number of aryl methyl sites for hydroxylation is 1. The van der Waals surface area contributed by atoms with Crippen LogP contribution in [0.25, 0.3) is 21.8 Å². The summed E-state index contributed by atoms with van der Waals surface area (Å²) in [4.78, 5) is 32.6. The molecule has 0 aliphatic carbocycles. The molecule has 1 saturated heterocycles. The highest BCUT2D eigenvalue weighted by Gasteiger charge is 2.50. The summed E-state index contributed by atoms with van der Waals surface area (Å²) in [5.74, 6) is -0.715. The minimum atomic E-state index is -3.92. The van der Waals surface area contributed by atoms with Crippen molar-refractivity contribution in [3.05, 3.63) is 89.3 Å². The lowest BCUT2D eigenvalue weighted by molar-refractivity contribution is -0.129. The second-order valence-corrected chi connectivity index (χ2v) is 13.0. The van der Waals surface area contributed by atoms with Crippen molar-refractivity contribution in [2.75, 3.05) is 18.8 Å². The Morgan fingerprint density at radius 1 is 1.08 bits per heavy atom. The van der Waals surface area contributed by atoms with Crippen LogP contribution in [0.4, 0.5) is 0 Å². The van der Waals surface area contributed by atoms with Crippen molar-refractivity contribution < 1.29 is 27.6 Å². The van der Waals surface area contributed by atoms with Gasteiger partial charge in [-0.15, -0.1) is 11.3 Å². The van der Waals surface area contributed by atoms with Crippen LogP contribution in [0.2, 0.25) is 0 Å². The molecule has 0 bridgehead atoms. The first kappa shape index (κ1) is 26.8. The normalized spacial score (nSPS) is 18.9. The molecule has 1 fully saturated rings. The number of thiophene rings is 1. The molecule has 0 saturated carbocycles. The number of amides is 2. The van der Waals surface area contributed by atoms with E-state index in [1.54, 1.807) is 29.9 Å². The van der Waals surface area contributed by atoms with Gasteiger partial charge in [0.1, 0.15) is 4.75 Å². The zero-order valence-electron chi connectivity index (χ0n) is 21.2. The number of benzene rings is 2. The van der Waals surface area contributed by atoms with Crippen LogP contribution < -0.4 is 5.48 Å². The first-order chi connectivity index (χ1) is 18.7. The van der Waals surface area contributed by atoms with Crippen LogP contribution >= 0.6 is 11.3 Å². The zero-order chi connectivity index (χ0) is 27.6. The summed E-state index contributed by atoms with van der Waals surface area (Å²) in [6.07, 6.45) is 2.55. The van der Waals surface area contributed by atoms with Gasteiger partial charge in [0.2, 0.25) is 5.91 Å². The van der Waals surface area contributed by atoms with Gasteiger partial charge in [-0.3, -0.25) is 14.8 Å². The summed E-state index contributed by atoms with van der Waals surface area (Å²) in [6.45, 7) is 1.99. The van der Waals surface area contributed by atoms with E-state index in [1.165, 1.54) is 22.6 Å². The van der Waals surface area contributed by atoms with Gasteiger partial charge in [-0.05, 0) is 42.7 Å². The van der Waals surface area contributed by atoms with E-state index in [-0.39, 0.29) is 31.2 Å². The average molecular weight is 566 g/mol. The largest absolute Gasteiger partial charge is 0.444 e. The summed E-state index contributed by atoms with van der Waals surface area (Å²) in [5, 5.41) is 9.31. The average Bonchev–Trinajstić information content (AvgIpc) is 3.63. The number of carbonyl (C=O) groups is 2. The van der Waals surface area contributed by atoms with Gasteiger partial charge in [-0.2, -0.15) is 0 Å². The van der Waals surface area contributed by atoms with Crippen LogP contribution in [0.3, 0.4) is 0 Å². The smallest absolute Gasteiger partial charge is 0.254 e. The Balaban J connectivity index is 1.48. The van der Waals surface area contributed by atoms with E-state index >= 15 is 0 Å². The molecular formula is C28H27N3O6S2. The standard InChI is InChI=1S/C28H27N3O6S2/c1-19-4-2-3-5-22(19)27(33)31-13-12-28(16-26(32)30-34,39(35,36)15-14-31)25-11-10-24(38-25)21-8-6-20(7-9-21)23-17-29-18-37-23/h2-11,17-18,34H,12-16H2,1H3,(H,30,32). The SMILES string of the molecule is Cc1ccccc1C(=O)N1CCC(CC(=O)NO)(c2ccc(-c3ccc(-c4cnco4)cc3)s2)S(=O)(=O)CC1. The van der Waals surface area contributed by atoms with Crippen molar-refractivity contribution >= 4 is 33.0 Å². The fourth-order valence-electron chi connectivity index (χ4n) is 4.95. The summed E-state index contributed by atoms with van der Waals surface area (Å²) >= 11 is 1.29. The van der Waals surface area contributed by atoms with Crippen LogP contribution in [0.1, 0.15) is 33.6 Å². The molecule has 2 N–H and O–H groups in total. The summed E-state index contributed by atoms with van der Waals surface area (Å²) in [7, 11) is -3.92. The maximum atomic E-state index is 13.9. The molecule has 4 aromatic rings. The van der Waals surface area contributed by atoms with Gasteiger partial charge in [0, 0.05) is 34.0 Å². The lowest BCUT2D eigenvalue weighted by Gasteiger charge is -2.30. The first-order valence-electron chi connectivity index (χ1n) is 12.3. The molecule has 5 rings (SSSR count). The Morgan fingerprint density at radius 3 is 2.51 bits per heavy atom. The second-order valence-electron chi connectivity index (χ2n) is 9.49. The summed E-state index contributed by atoms with van der Waals surface area (Å²) in [6, 6.07) is 18.3. The minimum Gasteiger partial charge on any atom is -0.444 e. The summed E-state index contributed by atoms with van der Waals surface area (Å²) < 4.78 is 31.5. The molecule has 2 aromatic carbocycles. The monoisotopic (exact) mass is 565 g/mol. The molecular weight excluding hydrogens is 538 g/mol. The van der Waals surface area contributed by atoms with E-state index in [1.807, 2.05) is 49.4 Å². The third-order valence-corrected chi connectivity index (χ3v) is 11.1. The number of oxazole rings is 1. The highest BCUT2D eigenvalue weighted by atomic mass is 32.2. The van der Waals surface area contributed by atoms with Gasteiger partial charge >= 0.3 is 0 Å². The van der Waals surface area contributed by atoms with Gasteiger partial charge in [0.05, 0.1) is 18.4 Å². The van der Waals surface area contributed by atoms with E-state index in [0.29, 0.717) is 16.2 Å². The van der Waals surface area contributed by atoms with E-state index in [2.05, 4.69) is 4.98 Å². The van der Waals surface area contributed by atoms with Crippen LogP contribution in [0.15, 0.2) is 77.7 Å². The molecule has 1 aliphatic rings. The van der Waals surface area contributed by atoms with Gasteiger partial charge in [0.15, 0.2) is 22.0 Å². The molecule has 202 valence electrons. The molecule has 11 heteroatoms. The first-order valence-corrected chi connectivity index (χ1v) is 14.8. The van der Waals surface area contributed by atoms with Crippen molar-refractivity contribution in [2.24, 2.45) is 0 Å². The minimum absolute atomic E-state index is 0.0132. The number of hydrogen-bond acceptors (Lipinski definition) is 8. The number of nitrogens with one attached hydrogen (secondary N) is 1. The van der Waals surface area contributed by atoms with Crippen LogP contribution in [-0.4, -0.2) is 54.2 Å². The van der Waals surface area contributed by atoms with E-state index < -0.39 is 26.9 Å². The van der Waals surface area contributed by atoms with Crippen molar-refractivity contribution in [3.63, 3.8) is 0 Å². The Hall–Kier alpha value is -3.80. The molecule has 1 atom stereocenters. The number of nitrogens with zero attached hydrogens (tertiary/aromatic N) is 2. The lowest BCUT2D eigenvalue weighted by Crippen LogP contribution is -2.41. The Labute approximate surface area is 230 Å². The Bertz CT molecular complexity index is 1600. The fraction of sp³-hybridized carbons (Fsp3) is 0.250. The lowest BCUT2D eigenvalue weighted by atomic mass is 9.97. The molecule has 9 nitrogen and oxygen atoms in total. The van der Waals surface area contributed by atoms with Gasteiger partial charge < -0.3 is 9.32 Å². The zero-order valence-corrected chi connectivity index (χ0v) is 22.8. The number of aromatic nitrogens is 1. The molecule has 3 heterocycles. The van der Waals surface area contributed by atoms with Gasteiger partial charge in [-0.1, -0.05) is 42.5 Å². The number of hydrogen-bond donors (Lipinski definition) is 2. The molecule has 0 spiro atoms. The molecule has 39 heavy (non-hydrogen) atoms. The highest BCUT2D eigenvalue weighted by molar-refractivity contribution is 7.92. The fourth-order valence-corrected chi connectivity index (χ4v) is 8.56. The molecule has 1 aliphatic heterocycles. The number of sulfone groups is 1. The van der Waals surface area contributed by atoms with Gasteiger partial charge in [-0.25, -0.2) is 18.9 Å². The van der Waals surface area contributed by atoms with Crippen LogP contribution in [-0.2, 0) is 19.4 Å². The molecule has 2 amide bonds. The number of carbonyl (C=O) groups excluding carboxylic acids is 2. The van der Waals surface area contributed by atoms with Gasteiger partial charge in [0.25, 0.3) is 5.91 Å². The van der Waals surface area contributed by atoms with Crippen LogP contribution in [0, 0.1) is 6.92 Å². The number of rotatable bonds is 6. The number of hydroxylamine groups is 1. The third kappa shape index (κ3) is 5.12. The van der Waals surface area contributed by atoms with E-state index in [4.69, 9.17) is 4.42 Å².